The van der Waals surface area contributed by atoms with Crippen LogP contribution in [0.2, 0.25) is 0 Å². The lowest BCUT2D eigenvalue weighted by molar-refractivity contribution is -0.156. The van der Waals surface area contributed by atoms with Gasteiger partial charge in [-0.3, -0.25) is 4.79 Å². The van der Waals surface area contributed by atoms with Crippen LogP contribution in [0.5, 0.6) is 0 Å². The molecule has 154 valence electrons. The molecule has 7 atom stereocenters. The number of hydrogen-bond donors (Lipinski definition) is 3. The second-order valence-corrected chi connectivity index (χ2v) is 8.36. The first-order valence-corrected chi connectivity index (χ1v) is 9.93. The molecule has 0 spiro atoms. The highest BCUT2D eigenvalue weighted by atomic mass is 19.1. The van der Waals surface area contributed by atoms with Crippen molar-refractivity contribution in [2.75, 3.05) is 0 Å². The molecule has 1 aromatic carbocycles. The Bertz CT molecular complexity index is 701. The van der Waals surface area contributed by atoms with Crippen molar-refractivity contribution in [3.05, 3.63) is 47.8 Å². The molecule has 0 radical (unpaired) electrons. The first-order chi connectivity index (χ1) is 13.3. The Labute approximate surface area is 164 Å². The molecule has 1 saturated carbocycles. The van der Waals surface area contributed by atoms with E-state index in [1.54, 1.807) is 18.2 Å². The van der Waals surface area contributed by atoms with Gasteiger partial charge in [0.15, 0.2) is 0 Å². The van der Waals surface area contributed by atoms with Crippen molar-refractivity contribution in [2.24, 2.45) is 17.8 Å². The highest BCUT2D eigenvalue weighted by Crippen LogP contribution is 2.45. The van der Waals surface area contributed by atoms with E-state index >= 15 is 0 Å². The molecule has 2 fully saturated rings. The smallest absolute Gasteiger partial charge is 0.309 e. The molecule has 7 unspecified atom stereocenters. The number of aliphatic hydroxyl groups excluding tert-OH is 3. The average Bonchev–Trinajstić information content (AvgIpc) is 2.62. The number of carbonyl (C=O) groups excluding carboxylic acids is 1. The minimum Gasteiger partial charge on any atom is -0.458 e. The van der Waals surface area contributed by atoms with Crippen LogP contribution in [0.15, 0.2) is 36.4 Å². The predicted octanol–water partition coefficient (Wildman–Crippen LogP) is 2.55. The van der Waals surface area contributed by atoms with Gasteiger partial charge in [-0.15, -0.1) is 0 Å². The van der Waals surface area contributed by atoms with Gasteiger partial charge in [0.2, 0.25) is 0 Å². The third kappa shape index (κ3) is 4.62. The summed E-state index contributed by atoms with van der Waals surface area (Å²) >= 11 is 0. The fourth-order valence-corrected chi connectivity index (χ4v) is 4.57. The zero-order chi connectivity index (χ0) is 20.4. The lowest BCUT2D eigenvalue weighted by Crippen LogP contribution is -2.46. The number of halogens is 1. The molecule has 3 rings (SSSR count). The van der Waals surface area contributed by atoms with Gasteiger partial charge < -0.3 is 20.1 Å². The first kappa shape index (κ1) is 21.0. The summed E-state index contributed by atoms with van der Waals surface area (Å²) in [6, 6.07) is 5.99. The number of ether oxygens (including phenoxy) is 1. The van der Waals surface area contributed by atoms with E-state index in [-0.39, 0.29) is 30.0 Å². The molecule has 28 heavy (non-hydrogen) atoms. The summed E-state index contributed by atoms with van der Waals surface area (Å²) in [4.78, 5) is 11.6. The summed E-state index contributed by atoms with van der Waals surface area (Å²) in [6.45, 7) is 4.14. The Morgan fingerprint density at radius 3 is 2.39 bits per heavy atom. The molecule has 1 aliphatic heterocycles. The van der Waals surface area contributed by atoms with Crippen molar-refractivity contribution >= 4 is 5.97 Å². The normalized spacial score (nSPS) is 36.7. The van der Waals surface area contributed by atoms with Crippen LogP contribution in [0.25, 0.3) is 0 Å². The number of rotatable bonds is 4. The maximum atomic E-state index is 13.4. The maximum absolute atomic E-state index is 13.4. The molecule has 6 heteroatoms. The summed E-state index contributed by atoms with van der Waals surface area (Å²) in [7, 11) is 0. The zero-order valence-corrected chi connectivity index (χ0v) is 16.2. The van der Waals surface area contributed by atoms with E-state index in [0.717, 1.165) is 5.56 Å². The summed E-state index contributed by atoms with van der Waals surface area (Å²) in [5, 5.41) is 31.0. The Hall–Kier alpha value is -1.76. The SMILES string of the molecule is CC(C)C1CC(O)C(O)C(c2ccc(F)cc2)C1/C=C/C1CC(O)CC(=O)O1. The first-order valence-electron chi connectivity index (χ1n) is 9.93. The molecule has 1 heterocycles. The van der Waals surface area contributed by atoms with Crippen LogP contribution in [0.3, 0.4) is 0 Å². The minimum atomic E-state index is -0.977. The van der Waals surface area contributed by atoms with Crippen LogP contribution in [0.1, 0.15) is 44.6 Å². The van der Waals surface area contributed by atoms with Crippen LogP contribution in [0, 0.1) is 23.6 Å². The van der Waals surface area contributed by atoms with Gasteiger partial charge in [-0.2, -0.15) is 0 Å². The molecule has 1 aliphatic carbocycles. The fourth-order valence-electron chi connectivity index (χ4n) is 4.57. The molecule has 0 bridgehead atoms. The van der Waals surface area contributed by atoms with Gasteiger partial charge >= 0.3 is 5.97 Å². The Morgan fingerprint density at radius 1 is 1.11 bits per heavy atom. The molecule has 1 saturated heterocycles. The molecular weight excluding hydrogens is 363 g/mol. The monoisotopic (exact) mass is 392 g/mol. The number of benzene rings is 1. The van der Waals surface area contributed by atoms with Crippen molar-refractivity contribution in [2.45, 2.75) is 63.4 Å². The van der Waals surface area contributed by atoms with Gasteiger partial charge in [-0.25, -0.2) is 4.39 Å². The number of esters is 1. The third-order valence-electron chi connectivity index (χ3n) is 6.03. The Balaban J connectivity index is 1.92. The summed E-state index contributed by atoms with van der Waals surface area (Å²) in [6.07, 6.45) is 1.45. The van der Waals surface area contributed by atoms with Gasteiger partial charge in [-0.05, 0) is 47.9 Å². The maximum Gasteiger partial charge on any atom is 0.309 e. The molecular formula is C22H29FO5. The summed E-state index contributed by atoms with van der Waals surface area (Å²) < 4.78 is 18.7. The summed E-state index contributed by atoms with van der Waals surface area (Å²) in [5.41, 5.74) is 0.758. The second-order valence-electron chi connectivity index (χ2n) is 8.36. The fraction of sp³-hybridized carbons (Fsp3) is 0.591. The van der Waals surface area contributed by atoms with E-state index in [2.05, 4.69) is 13.8 Å². The molecule has 3 N–H and O–H groups in total. The van der Waals surface area contributed by atoms with E-state index in [4.69, 9.17) is 4.74 Å². The number of hydrogen-bond acceptors (Lipinski definition) is 5. The summed E-state index contributed by atoms with van der Waals surface area (Å²) in [5.74, 6) is -0.972. The quantitative estimate of drug-likeness (QED) is 0.542. The van der Waals surface area contributed by atoms with Crippen LogP contribution in [-0.2, 0) is 9.53 Å². The molecule has 5 nitrogen and oxygen atoms in total. The lowest BCUT2D eigenvalue weighted by atomic mass is 9.63. The largest absolute Gasteiger partial charge is 0.458 e. The van der Waals surface area contributed by atoms with Gasteiger partial charge in [-0.1, -0.05) is 32.1 Å². The van der Waals surface area contributed by atoms with Gasteiger partial charge in [0.1, 0.15) is 11.9 Å². The number of allylic oxidation sites excluding steroid dienone is 1. The van der Waals surface area contributed by atoms with Crippen molar-refractivity contribution < 1.29 is 29.2 Å². The zero-order valence-electron chi connectivity index (χ0n) is 16.2. The predicted molar refractivity (Wildman–Crippen MR) is 102 cm³/mol. The van der Waals surface area contributed by atoms with Crippen LogP contribution >= 0.6 is 0 Å². The number of carbonyl (C=O) groups is 1. The standard InChI is InChI=1S/C22H29FO5/c1-12(2)18-11-19(25)22(27)21(13-3-5-14(23)6-4-13)17(18)8-7-16-9-15(24)10-20(26)28-16/h3-8,12,15-19,21-22,24-25,27H,9-11H2,1-2H3/b8-7+. The van der Waals surface area contributed by atoms with Gasteiger partial charge in [0.25, 0.3) is 0 Å². The van der Waals surface area contributed by atoms with Crippen molar-refractivity contribution in [1.82, 2.24) is 0 Å². The molecule has 0 aromatic heterocycles. The highest BCUT2D eigenvalue weighted by Gasteiger charge is 2.44. The molecule has 1 aromatic rings. The molecule has 2 aliphatic rings. The van der Waals surface area contributed by atoms with E-state index in [9.17, 15) is 24.5 Å². The van der Waals surface area contributed by atoms with Gasteiger partial charge in [0.05, 0.1) is 24.7 Å². The topological polar surface area (TPSA) is 87.0 Å². The van der Waals surface area contributed by atoms with E-state index in [1.165, 1.54) is 12.1 Å². The number of cyclic esters (lactones) is 1. The number of aliphatic hydroxyl groups is 3. The third-order valence-corrected chi connectivity index (χ3v) is 6.03. The highest BCUT2D eigenvalue weighted by molar-refractivity contribution is 5.71. The Morgan fingerprint density at radius 2 is 1.79 bits per heavy atom. The molecule has 0 amide bonds. The van der Waals surface area contributed by atoms with Crippen molar-refractivity contribution in [3.8, 4) is 0 Å². The Kier molecular flexibility index (Phi) is 6.53. The van der Waals surface area contributed by atoms with E-state index < -0.39 is 36.3 Å². The van der Waals surface area contributed by atoms with Crippen molar-refractivity contribution in [3.63, 3.8) is 0 Å². The average molecular weight is 392 g/mol. The van der Waals surface area contributed by atoms with E-state index in [0.29, 0.717) is 12.8 Å². The minimum absolute atomic E-state index is 0.00545. The second kappa shape index (κ2) is 8.72. The lowest BCUT2D eigenvalue weighted by Gasteiger charge is -2.44. The van der Waals surface area contributed by atoms with Crippen LogP contribution in [-0.4, -0.2) is 45.7 Å². The van der Waals surface area contributed by atoms with E-state index in [1.807, 2.05) is 6.08 Å². The van der Waals surface area contributed by atoms with Crippen LogP contribution in [0.4, 0.5) is 4.39 Å². The van der Waals surface area contributed by atoms with Crippen molar-refractivity contribution in [1.29, 1.82) is 0 Å². The van der Waals surface area contributed by atoms with Gasteiger partial charge in [0, 0.05) is 12.3 Å². The van der Waals surface area contributed by atoms with Crippen LogP contribution < -0.4 is 0 Å².